The van der Waals surface area contributed by atoms with Gasteiger partial charge in [0.15, 0.2) is 0 Å². The highest BCUT2D eigenvalue weighted by atomic mass is 19.4. The fourth-order valence-corrected chi connectivity index (χ4v) is 3.63. The second kappa shape index (κ2) is 8.97. The summed E-state index contributed by atoms with van der Waals surface area (Å²) in [5.74, 6) is -0.168. The summed E-state index contributed by atoms with van der Waals surface area (Å²) in [6.07, 6.45) is -4.00. The summed E-state index contributed by atoms with van der Waals surface area (Å²) in [5.41, 5.74) is 0.798. The number of β-amino-alcohol motifs (C(OH)–C–C–N with tert-alkyl or cyclic N) is 1. The monoisotopic (exact) mass is 406 g/mol. The normalized spacial score (nSPS) is 18.6. The number of aliphatic hydroxyl groups is 1. The van der Waals surface area contributed by atoms with Crippen LogP contribution in [0.3, 0.4) is 0 Å². The van der Waals surface area contributed by atoms with Gasteiger partial charge in [-0.3, -0.25) is 9.69 Å². The summed E-state index contributed by atoms with van der Waals surface area (Å²) < 4.78 is 38.2. The molecule has 2 atom stereocenters. The van der Waals surface area contributed by atoms with Gasteiger partial charge in [0.05, 0.1) is 24.1 Å². The molecule has 2 aromatic rings. The van der Waals surface area contributed by atoms with E-state index in [0.29, 0.717) is 25.1 Å². The Labute approximate surface area is 168 Å². The lowest BCUT2D eigenvalue weighted by atomic mass is 10.0. The smallest absolute Gasteiger partial charge is 0.392 e. The van der Waals surface area contributed by atoms with E-state index in [-0.39, 0.29) is 24.5 Å². The number of rotatable bonds is 6. The van der Waals surface area contributed by atoms with Crippen molar-refractivity contribution < 1.29 is 23.1 Å². The lowest BCUT2D eigenvalue weighted by Gasteiger charge is -2.32. The van der Waals surface area contributed by atoms with E-state index in [0.717, 1.165) is 24.2 Å². The minimum atomic E-state index is -4.39. The molecule has 3 rings (SSSR count). The highest BCUT2D eigenvalue weighted by Gasteiger charge is 2.31. The number of likely N-dealkylation sites (tertiary alicyclic amines) is 1. The molecule has 7 heteroatoms. The second-order valence-corrected chi connectivity index (χ2v) is 7.50. The lowest BCUT2D eigenvalue weighted by Crippen LogP contribution is -2.39. The van der Waals surface area contributed by atoms with Gasteiger partial charge in [0.25, 0.3) is 0 Å². The van der Waals surface area contributed by atoms with Crippen LogP contribution in [0.2, 0.25) is 0 Å². The number of hydrogen-bond donors (Lipinski definition) is 1. The molecule has 1 aliphatic heterocycles. The van der Waals surface area contributed by atoms with Crippen LogP contribution in [0.1, 0.15) is 29.2 Å². The Hall–Kier alpha value is -2.38. The van der Waals surface area contributed by atoms with Gasteiger partial charge >= 0.3 is 6.18 Å². The minimum absolute atomic E-state index is 0.0284. The van der Waals surface area contributed by atoms with Crippen molar-refractivity contribution in [2.75, 3.05) is 26.7 Å². The van der Waals surface area contributed by atoms with Crippen molar-refractivity contribution in [2.24, 2.45) is 0 Å². The fraction of sp³-hybridized carbons (Fsp3) is 0.409. The number of benzene rings is 2. The van der Waals surface area contributed by atoms with Crippen LogP contribution in [-0.4, -0.2) is 53.6 Å². The molecule has 0 saturated carbocycles. The minimum Gasteiger partial charge on any atom is -0.392 e. The summed E-state index contributed by atoms with van der Waals surface area (Å²) in [4.78, 5) is 16.7. The van der Waals surface area contributed by atoms with E-state index in [2.05, 4.69) is 4.90 Å². The molecule has 0 bridgehead atoms. The van der Waals surface area contributed by atoms with Gasteiger partial charge in [-0.15, -0.1) is 0 Å². The molecule has 1 amide bonds. The molecule has 156 valence electrons. The molecule has 2 aromatic carbocycles. The van der Waals surface area contributed by atoms with Crippen LogP contribution in [0.15, 0.2) is 54.6 Å². The Bertz CT molecular complexity index is 809. The first kappa shape index (κ1) is 21.3. The molecule has 29 heavy (non-hydrogen) atoms. The summed E-state index contributed by atoms with van der Waals surface area (Å²) in [7, 11) is 1.72. The SMILES string of the molecule is CN(C(=O)Cc1ccc(C(F)(F)F)cc1)[C@H](CN1CCC(O)C1)c1ccccc1. The van der Waals surface area contributed by atoms with Crippen molar-refractivity contribution >= 4 is 5.91 Å². The van der Waals surface area contributed by atoms with Crippen molar-refractivity contribution in [2.45, 2.75) is 31.2 Å². The van der Waals surface area contributed by atoms with E-state index < -0.39 is 11.7 Å². The predicted octanol–water partition coefficient (Wildman–Crippen LogP) is 3.51. The van der Waals surface area contributed by atoms with Crippen molar-refractivity contribution in [3.8, 4) is 0 Å². The van der Waals surface area contributed by atoms with Crippen LogP contribution in [-0.2, 0) is 17.4 Å². The Kier molecular flexibility index (Phi) is 6.59. The Morgan fingerprint density at radius 2 is 1.83 bits per heavy atom. The maximum atomic E-state index is 12.9. The third-order valence-corrected chi connectivity index (χ3v) is 5.36. The average Bonchev–Trinajstić information content (AvgIpc) is 3.11. The molecular weight excluding hydrogens is 381 g/mol. The number of likely N-dealkylation sites (N-methyl/N-ethyl adjacent to an activating group) is 1. The largest absolute Gasteiger partial charge is 0.416 e. The zero-order valence-electron chi connectivity index (χ0n) is 16.3. The van der Waals surface area contributed by atoms with E-state index >= 15 is 0 Å². The first-order valence-electron chi connectivity index (χ1n) is 9.61. The molecule has 1 saturated heterocycles. The topological polar surface area (TPSA) is 43.8 Å². The molecule has 4 nitrogen and oxygen atoms in total. The van der Waals surface area contributed by atoms with Gasteiger partial charge in [-0.25, -0.2) is 0 Å². The third kappa shape index (κ3) is 5.58. The molecule has 0 aliphatic carbocycles. The summed E-state index contributed by atoms with van der Waals surface area (Å²) >= 11 is 0. The highest BCUT2D eigenvalue weighted by Crippen LogP contribution is 2.29. The first-order valence-corrected chi connectivity index (χ1v) is 9.61. The number of halogens is 3. The van der Waals surface area contributed by atoms with Gasteiger partial charge in [-0.05, 0) is 29.7 Å². The van der Waals surface area contributed by atoms with Crippen molar-refractivity contribution in [3.05, 3.63) is 71.3 Å². The van der Waals surface area contributed by atoms with Gasteiger partial charge in [0.2, 0.25) is 5.91 Å². The highest BCUT2D eigenvalue weighted by molar-refractivity contribution is 5.79. The van der Waals surface area contributed by atoms with E-state index in [1.807, 2.05) is 30.3 Å². The number of hydrogen-bond acceptors (Lipinski definition) is 3. The number of aliphatic hydroxyl groups excluding tert-OH is 1. The Balaban J connectivity index is 1.72. The van der Waals surface area contributed by atoms with Gasteiger partial charge < -0.3 is 10.0 Å². The summed E-state index contributed by atoms with van der Waals surface area (Å²) in [6.45, 7) is 1.94. The molecule has 1 heterocycles. The van der Waals surface area contributed by atoms with E-state index in [9.17, 15) is 23.1 Å². The molecule has 0 aromatic heterocycles. The summed E-state index contributed by atoms with van der Waals surface area (Å²) in [5, 5.41) is 9.80. The van der Waals surface area contributed by atoms with Gasteiger partial charge in [-0.1, -0.05) is 42.5 Å². The zero-order valence-corrected chi connectivity index (χ0v) is 16.3. The number of nitrogens with zero attached hydrogens (tertiary/aromatic N) is 2. The van der Waals surface area contributed by atoms with Gasteiger partial charge in [0, 0.05) is 26.7 Å². The van der Waals surface area contributed by atoms with Gasteiger partial charge in [-0.2, -0.15) is 13.2 Å². The molecule has 1 fully saturated rings. The van der Waals surface area contributed by atoms with Crippen LogP contribution >= 0.6 is 0 Å². The molecule has 1 aliphatic rings. The van der Waals surface area contributed by atoms with Crippen LogP contribution in [0.5, 0.6) is 0 Å². The van der Waals surface area contributed by atoms with E-state index in [1.54, 1.807) is 11.9 Å². The number of alkyl halides is 3. The molecule has 1 unspecified atom stereocenters. The molecule has 1 N–H and O–H groups in total. The van der Waals surface area contributed by atoms with Crippen LogP contribution in [0.4, 0.5) is 13.2 Å². The summed E-state index contributed by atoms with van der Waals surface area (Å²) in [6, 6.07) is 14.1. The Morgan fingerprint density at radius 1 is 1.17 bits per heavy atom. The number of carbonyl (C=O) groups is 1. The molecule has 0 spiro atoms. The molecule has 0 radical (unpaired) electrons. The van der Waals surface area contributed by atoms with Crippen molar-refractivity contribution in [1.82, 2.24) is 9.80 Å². The van der Waals surface area contributed by atoms with E-state index in [4.69, 9.17) is 0 Å². The first-order chi connectivity index (χ1) is 13.7. The average molecular weight is 406 g/mol. The van der Waals surface area contributed by atoms with E-state index in [1.165, 1.54) is 12.1 Å². The standard InChI is InChI=1S/C22H25F3N2O2/c1-26(21(29)13-16-7-9-18(10-8-16)22(23,24)25)20(17-5-3-2-4-6-17)15-27-12-11-19(28)14-27/h2-10,19-20,28H,11-15H2,1H3/t19?,20-/m1/s1. The number of carbonyl (C=O) groups excluding carboxylic acids is 1. The van der Waals surface area contributed by atoms with Crippen molar-refractivity contribution in [3.63, 3.8) is 0 Å². The van der Waals surface area contributed by atoms with Crippen LogP contribution < -0.4 is 0 Å². The third-order valence-electron chi connectivity index (χ3n) is 5.36. The maximum Gasteiger partial charge on any atom is 0.416 e. The Morgan fingerprint density at radius 3 is 2.38 bits per heavy atom. The van der Waals surface area contributed by atoms with Crippen LogP contribution in [0.25, 0.3) is 0 Å². The van der Waals surface area contributed by atoms with Gasteiger partial charge in [0.1, 0.15) is 0 Å². The molecular formula is C22H25F3N2O2. The van der Waals surface area contributed by atoms with Crippen molar-refractivity contribution in [1.29, 1.82) is 0 Å². The van der Waals surface area contributed by atoms with Crippen LogP contribution in [0, 0.1) is 0 Å². The second-order valence-electron chi connectivity index (χ2n) is 7.50. The lowest BCUT2D eigenvalue weighted by molar-refractivity contribution is -0.137. The zero-order chi connectivity index (χ0) is 21.0. The maximum absolute atomic E-state index is 12.9. The quantitative estimate of drug-likeness (QED) is 0.799. The predicted molar refractivity (Wildman–Crippen MR) is 104 cm³/mol. The number of amides is 1. The fourth-order valence-electron chi connectivity index (χ4n) is 3.63.